The first-order chi connectivity index (χ1) is 11.7. The summed E-state index contributed by atoms with van der Waals surface area (Å²) in [6.07, 6.45) is 1.39. The van der Waals surface area contributed by atoms with Crippen LogP contribution in [0.1, 0.15) is 20.8 Å². The lowest BCUT2D eigenvalue weighted by Gasteiger charge is -2.05. The second-order valence-electron chi connectivity index (χ2n) is 4.97. The summed E-state index contributed by atoms with van der Waals surface area (Å²) < 4.78 is 0. The third-order valence-electron chi connectivity index (χ3n) is 3.32. The number of carbonyl (C=O) groups is 2. The lowest BCUT2D eigenvalue weighted by Crippen LogP contribution is -2.18. The van der Waals surface area contributed by atoms with Gasteiger partial charge in [0.05, 0.1) is 11.9 Å². The quantitative estimate of drug-likeness (QED) is 0.768. The van der Waals surface area contributed by atoms with Crippen LogP contribution < -0.4 is 10.6 Å². The Kier molecular flexibility index (Phi) is 4.33. The monoisotopic (exact) mass is 321 g/mol. The maximum absolute atomic E-state index is 12.3. The minimum absolute atomic E-state index is 0.184. The molecule has 120 valence electrons. The second kappa shape index (κ2) is 6.74. The molecule has 2 N–H and O–H groups in total. The third kappa shape index (κ3) is 3.30. The number of aromatic nitrogens is 3. The highest BCUT2D eigenvalue weighted by Gasteiger charge is 2.12. The predicted octanol–water partition coefficient (Wildman–Crippen LogP) is 1.88. The Morgan fingerprint density at radius 2 is 1.79 bits per heavy atom. The van der Waals surface area contributed by atoms with Crippen LogP contribution in [0.3, 0.4) is 0 Å². The van der Waals surface area contributed by atoms with Crippen LogP contribution in [-0.4, -0.2) is 33.9 Å². The number of para-hydroxylation sites is 1. The summed E-state index contributed by atoms with van der Waals surface area (Å²) in [6, 6.07) is 16.0. The summed E-state index contributed by atoms with van der Waals surface area (Å²) in [7, 11) is 1.55. The number of benzene rings is 2. The number of nitrogens with one attached hydrogen (secondary N) is 2. The minimum Gasteiger partial charge on any atom is -0.355 e. The van der Waals surface area contributed by atoms with Gasteiger partial charge in [-0.15, -0.1) is 5.10 Å². The Labute approximate surface area is 138 Å². The summed E-state index contributed by atoms with van der Waals surface area (Å²) in [5.74, 6) is -0.618. The molecule has 2 aromatic carbocycles. The number of amides is 2. The van der Waals surface area contributed by atoms with E-state index in [-0.39, 0.29) is 11.6 Å². The Bertz CT molecular complexity index is 873. The molecule has 3 rings (SSSR count). The van der Waals surface area contributed by atoms with Crippen molar-refractivity contribution < 1.29 is 9.59 Å². The minimum atomic E-state index is -0.397. The van der Waals surface area contributed by atoms with Crippen molar-refractivity contribution in [2.75, 3.05) is 12.4 Å². The van der Waals surface area contributed by atoms with Gasteiger partial charge in [0.25, 0.3) is 11.8 Å². The van der Waals surface area contributed by atoms with E-state index in [1.165, 1.54) is 11.0 Å². The number of anilines is 1. The van der Waals surface area contributed by atoms with Crippen molar-refractivity contribution >= 4 is 17.5 Å². The van der Waals surface area contributed by atoms with Crippen LogP contribution >= 0.6 is 0 Å². The average Bonchev–Trinajstić information content (AvgIpc) is 3.12. The van der Waals surface area contributed by atoms with Crippen molar-refractivity contribution in [3.63, 3.8) is 0 Å². The van der Waals surface area contributed by atoms with Gasteiger partial charge in [-0.05, 0) is 30.3 Å². The SMILES string of the molecule is CNC(=O)c1cccc(NC(=O)c2cnn(-c3ccccc3)n2)c1. The zero-order chi connectivity index (χ0) is 16.9. The molecule has 0 atom stereocenters. The van der Waals surface area contributed by atoms with Crippen LogP contribution in [0, 0.1) is 0 Å². The molecule has 2 amide bonds. The smallest absolute Gasteiger partial charge is 0.277 e. The van der Waals surface area contributed by atoms with E-state index >= 15 is 0 Å². The van der Waals surface area contributed by atoms with Gasteiger partial charge in [-0.1, -0.05) is 24.3 Å². The van der Waals surface area contributed by atoms with E-state index in [4.69, 9.17) is 0 Å². The fourth-order valence-corrected chi connectivity index (χ4v) is 2.13. The molecule has 0 fully saturated rings. The molecule has 0 aliphatic heterocycles. The van der Waals surface area contributed by atoms with Crippen molar-refractivity contribution in [2.24, 2.45) is 0 Å². The van der Waals surface area contributed by atoms with Crippen molar-refractivity contribution in [1.82, 2.24) is 20.3 Å². The van der Waals surface area contributed by atoms with E-state index in [0.717, 1.165) is 5.69 Å². The molecular weight excluding hydrogens is 306 g/mol. The molecule has 0 spiro atoms. The number of nitrogens with zero attached hydrogens (tertiary/aromatic N) is 3. The van der Waals surface area contributed by atoms with Crippen LogP contribution in [0.2, 0.25) is 0 Å². The molecule has 1 heterocycles. The molecule has 7 heteroatoms. The van der Waals surface area contributed by atoms with Gasteiger partial charge in [-0.3, -0.25) is 9.59 Å². The molecule has 0 unspecified atom stereocenters. The molecule has 7 nitrogen and oxygen atoms in total. The van der Waals surface area contributed by atoms with Gasteiger partial charge >= 0.3 is 0 Å². The number of rotatable bonds is 4. The highest BCUT2D eigenvalue weighted by Crippen LogP contribution is 2.12. The first-order valence-electron chi connectivity index (χ1n) is 7.28. The average molecular weight is 321 g/mol. The Morgan fingerprint density at radius 1 is 1.00 bits per heavy atom. The summed E-state index contributed by atoms with van der Waals surface area (Å²) >= 11 is 0. The van der Waals surface area contributed by atoms with Gasteiger partial charge in [-0.25, -0.2) is 0 Å². The highest BCUT2D eigenvalue weighted by atomic mass is 16.2. The molecule has 0 aliphatic rings. The second-order valence-corrected chi connectivity index (χ2v) is 4.97. The maximum Gasteiger partial charge on any atom is 0.277 e. The topological polar surface area (TPSA) is 88.9 Å². The summed E-state index contributed by atoms with van der Waals surface area (Å²) in [4.78, 5) is 25.3. The van der Waals surface area contributed by atoms with Gasteiger partial charge in [0, 0.05) is 18.3 Å². The van der Waals surface area contributed by atoms with Crippen LogP contribution in [-0.2, 0) is 0 Å². The van der Waals surface area contributed by atoms with E-state index in [1.54, 1.807) is 31.3 Å². The van der Waals surface area contributed by atoms with E-state index in [1.807, 2.05) is 30.3 Å². The lowest BCUT2D eigenvalue weighted by atomic mass is 10.2. The maximum atomic E-state index is 12.3. The number of hydrogen-bond donors (Lipinski definition) is 2. The first kappa shape index (κ1) is 15.4. The van der Waals surface area contributed by atoms with Crippen LogP contribution in [0.4, 0.5) is 5.69 Å². The van der Waals surface area contributed by atoms with E-state index < -0.39 is 5.91 Å². The molecule has 0 bridgehead atoms. The first-order valence-corrected chi connectivity index (χ1v) is 7.28. The normalized spacial score (nSPS) is 10.2. The zero-order valence-corrected chi connectivity index (χ0v) is 12.9. The standard InChI is InChI=1S/C17H15N5O2/c1-18-16(23)12-6-5-7-13(10-12)20-17(24)15-11-19-22(21-15)14-8-3-2-4-9-14/h2-11H,1H3,(H,18,23)(H,20,24). The Balaban J connectivity index is 1.76. The molecule has 1 aromatic heterocycles. The third-order valence-corrected chi connectivity index (χ3v) is 3.32. The van der Waals surface area contributed by atoms with Gasteiger partial charge < -0.3 is 10.6 Å². The lowest BCUT2D eigenvalue weighted by molar-refractivity contribution is 0.0961. The number of carbonyl (C=O) groups excluding carboxylic acids is 2. The van der Waals surface area contributed by atoms with Crippen molar-refractivity contribution in [3.05, 3.63) is 72.1 Å². The Morgan fingerprint density at radius 3 is 2.54 bits per heavy atom. The molecule has 24 heavy (non-hydrogen) atoms. The van der Waals surface area contributed by atoms with Gasteiger partial charge in [-0.2, -0.15) is 9.90 Å². The molecule has 3 aromatic rings. The van der Waals surface area contributed by atoms with Crippen LogP contribution in [0.25, 0.3) is 5.69 Å². The van der Waals surface area contributed by atoms with E-state index in [2.05, 4.69) is 20.8 Å². The van der Waals surface area contributed by atoms with E-state index in [0.29, 0.717) is 11.3 Å². The van der Waals surface area contributed by atoms with Gasteiger partial charge in [0.2, 0.25) is 0 Å². The zero-order valence-electron chi connectivity index (χ0n) is 12.9. The van der Waals surface area contributed by atoms with Gasteiger partial charge in [0.15, 0.2) is 5.69 Å². The molecular formula is C17H15N5O2. The molecule has 0 aliphatic carbocycles. The predicted molar refractivity (Wildman–Crippen MR) is 89.1 cm³/mol. The van der Waals surface area contributed by atoms with Crippen LogP contribution in [0.5, 0.6) is 0 Å². The fourth-order valence-electron chi connectivity index (χ4n) is 2.13. The summed E-state index contributed by atoms with van der Waals surface area (Å²) in [5.41, 5.74) is 1.92. The largest absolute Gasteiger partial charge is 0.355 e. The highest BCUT2D eigenvalue weighted by molar-refractivity contribution is 6.03. The summed E-state index contributed by atoms with van der Waals surface area (Å²) in [6.45, 7) is 0. The van der Waals surface area contributed by atoms with Crippen molar-refractivity contribution in [2.45, 2.75) is 0 Å². The molecule has 0 saturated carbocycles. The fraction of sp³-hybridized carbons (Fsp3) is 0.0588. The van der Waals surface area contributed by atoms with E-state index in [9.17, 15) is 9.59 Å². The van der Waals surface area contributed by atoms with Crippen LogP contribution in [0.15, 0.2) is 60.8 Å². The van der Waals surface area contributed by atoms with Crippen molar-refractivity contribution in [3.8, 4) is 5.69 Å². The summed E-state index contributed by atoms with van der Waals surface area (Å²) in [5, 5.41) is 13.5. The molecule has 0 radical (unpaired) electrons. The van der Waals surface area contributed by atoms with Crippen molar-refractivity contribution in [1.29, 1.82) is 0 Å². The number of hydrogen-bond acceptors (Lipinski definition) is 4. The molecule has 0 saturated heterocycles. The van der Waals surface area contributed by atoms with Gasteiger partial charge in [0.1, 0.15) is 0 Å². The Hall–Kier alpha value is -3.48.